The van der Waals surface area contributed by atoms with Gasteiger partial charge < -0.3 is 9.64 Å². The summed E-state index contributed by atoms with van der Waals surface area (Å²) >= 11 is 0. The summed E-state index contributed by atoms with van der Waals surface area (Å²) in [5, 5.41) is 1.26. The average Bonchev–Trinajstić information content (AvgIpc) is 2.24. The molecule has 0 spiro atoms. The molecule has 0 saturated heterocycles. The number of rotatable bonds is 0. The fourth-order valence-electron chi connectivity index (χ4n) is 1.74. The summed E-state index contributed by atoms with van der Waals surface area (Å²) in [6, 6.07) is 0. The first-order valence-corrected chi connectivity index (χ1v) is 8.28. The maximum atomic E-state index is 12.0. The predicted molar refractivity (Wildman–Crippen MR) is 74.6 cm³/mol. The zero-order valence-electron chi connectivity index (χ0n) is 11.9. The molecule has 6 heteroatoms. The minimum Gasteiger partial charge on any atom is -0.444 e. The van der Waals surface area contributed by atoms with Crippen molar-refractivity contribution in [3.8, 4) is 0 Å². The quantitative estimate of drug-likeness (QED) is 0.686. The monoisotopic (exact) mass is 289 g/mol. The van der Waals surface area contributed by atoms with E-state index >= 15 is 0 Å². The summed E-state index contributed by atoms with van der Waals surface area (Å²) in [6.07, 6.45) is 3.04. The second kappa shape index (κ2) is 6.41. The highest BCUT2D eigenvalue weighted by Crippen LogP contribution is 2.12. The fourth-order valence-corrected chi connectivity index (χ4v) is 2.91. The smallest absolute Gasteiger partial charge is 0.410 e. The molecule has 110 valence electrons. The number of carbonyl (C=O) groups is 1. The summed E-state index contributed by atoms with van der Waals surface area (Å²) in [4.78, 5) is 13.6. The van der Waals surface area contributed by atoms with E-state index < -0.39 is 15.4 Å². The van der Waals surface area contributed by atoms with E-state index in [0.29, 0.717) is 32.4 Å². The van der Waals surface area contributed by atoms with Crippen molar-refractivity contribution in [2.45, 2.75) is 45.6 Å². The summed E-state index contributed by atoms with van der Waals surface area (Å²) in [5.41, 5.74) is -0.508. The molecule has 0 radical (unpaired) electrons. The van der Waals surface area contributed by atoms with E-state index in [1.54, 1.807) is 11.0 Å². The second-order valence-corrected chi connectivity index (χ2v) is 7.71. The van der Waals surface area contributed by atoms with Crippen molar-refractivity contribution in [1.82, 2.24) is 4.90 Å². The van der Waals surface area contributed by atoms with Crippen LogP contribution in [0.4, 0.5) is 4.79 Å². The topological polar surface area (TPSA) is 63.7 Å². The van der Waals surface area contributed by atoms with Gasteiger partial charge in [-0.2, -0.15) is 0 Å². The van der Waals surface area contributed by atoms with Crippen LogP contribution in [0.2, 0.25) is 0 Å². The third-order valence-corrected chi connectivity index (χ3v) is 4.09. The van der Waals surface area contributed by atoms with Gasteiger partial charge in [0.05, 0.1) is 5.75 Å². The summed E-state index contributed by atoms with van der Waals surface area (Å²) < 4.78 is 28.3. The molecule has 0 unspecified atom stereocenters. The van der Waals surface area contributed by atoms with Gasteiger partial charge in [-0.1, -0.05) is 6.08 Å². The van der Waals surface area contributed by atoms with Crippen LogP contribution in [0.3, 0.4) is 0 Å². The molecule has 0 aromatic carbocycles. The predicted octanol–water partition coefficient (Wildman–Crippen LogP) is 2.34. The molecule has 0 aliphatic carbocycles. The Bertz CT molecular complexity index is 434. The van der Waals surface area contributed by atoms with Gasteiger partial charge in [-0.25, -0.2) is 13.2 Å². The SMILES string of the molecule is CC(C)(C)OC(=O)N1CC/C=C/S(=O)(=O)CCCC1. The lowest BCUT2D eigenvalue weighted by atomic mass is 10.2. The van der Waals surface area contributed by atoms with Gasteiger partial charge in [0, 0.05) is 18.5 Å². The molecule has 1 rings (SSSR count). The lowest BCUT2D eigenvalue weighted by Crippen LogP contribution is -2.38. The second-order valence-electron chi connectivity index (χ2n) is 5.70. The third-order valence-electron chi connectivity index (χ3n) is 2.63. The van der Waals surface area contributed by atoms with Crippen LogP contribution in [0.1, 0.15) is 40.0 Å². The molecule has 0 bridgehead atoms. The molecule has 0 saturated carbocycles. The van der Waals surface area contributed by atoms with Crippen molar-refractivity contribution < 1.29 is 17.9 Å². The standard InChI is InChI=1S/C13H23NO4S/c1-13(2,3)18-12(15)14-8-4-6-10-19(16,17)11-7-5-9-14/h6,10H,4-5,7-9,11H2,1-3H3/b10-6+. The zero-order valence-corrected chi connectivity index (χ0v) is 12.7. The van der Waals surface area contributed by atoms with Crippen molar-refractivity contribution in [1.29, 1.82) is 0 Å². The summed E-state index contributed by atoms with van der Waals surface area (Å²) in [6.45, 7) is 6.52. The first kappa shape index (κ1) is 16.0. The Kier molecular flexibility index (Phi) is 5.40. The van der Waals surface area contributed by atoms with Crippen molar-refractivity contribution in [3.05, 3.63) is 11.5 Å². The molecule has 0 N–H and O–H groups in total. The molecule has 0 fully saturated rings. The number of sulfone groups is 1. The molecule has 19 heavy (non-hydrogen) atoms. The Morgan fingerprint density at radius 2 is 1.89 bits per heavy atom. The van der Waals surface area contributed by atoms with Gasteiger partial charge in [0.1, 0.15) is 5.60 Å². The molecule has 0 aromatic rings. The first-order valence-electron chi connectivity index (χ1n) is 6.57. The van der Waals surface area contributed by atoms with Gasteiger partial charge in [0.15, 0.2) is 9.84 Å². The van der Waals surface area contributed by atoms with Crippen molar-refractivity contribution in [2.75, 3.05) is 18.8 Å². The first-order chi connectivity index (χ1) is 8.70. The van der Waals surface area contributed by atoms with Gasteiger partial charge in [-0.15, -0.1) is 0 Å². The molecular formula is C13H23NO4S. The minimum absolute atomic E-state index is 0.145. The van der Waals surface area contributed by atoms with Crippen molar-refractivity contribution in [2.24, 2.45) is 0 Å². The Balaban J connectivity index is 2.64. The number of carbonyl (C=O) groups excluding carboxylic acids is 1. The largest absolute Gasteiger partial charge is 0.444 e. The third kappa shape index (κ3) is 6.61. The van der Waals surface area contributed by atoms with Crippen LogP contribution in [0.15, 0.2) is 11.5 Å². The van der Waals surface area contributed by atoms with Gasteiger partial charge in [0.2, 0.25) is 0 Å². The summed E-state index contributed by atoms with van der Waals surface area (Å²) in [5.74, 6) is 0.145. The molecule has 5 nitrogen and oxygen atoms in total. The van der Waals surface area contributed by atoms with E-state index in [-0.39, 0.29) is 11.8 Å². The van der Waals surface area contributed by atoms with Gasteiger partial charge in [0.25, 0.3) is 0 Å². The number of hydrogen-bond donors (Lipinski definition) is 0. The van der Waals surface area contributed by atoms with Crippen LogP contribution >= 0.6 is 0 Å². The van der Waals surface area contributed by atoms with Gasteiger partial charge >= 0.3 is 6.09 Å². The maximum absolute atomic E-state index is 12.0. The van der Waals surface area contributed by atoms with Crippen LogP contribution in [-0.2, 0) is 14.6 Å². The average molecular weight is 289 g/mol. The minimum atomic E-state index is -3.06. The molecule has 1 aliphatic heterocycles. The number of nitrogens with zero attached hydrogens (tertiary/aromatic N) is 1. The van der Waals surface area contributed by atoms with Crippen molar-refractivity contribution in [3.63, 3.8) is 0 Å². The van der Waals surface area contributed by atoms with Crippen LogP contribution in [-0.4, -0.2) is 43.9 Å². The Morgan fingerprint density at radius 1 is 1.21 bits per heavy atom. The van der Waals surface area contributed by atoms with Crippen molar-refractivity contribution >= 4 is 15.9 Å². The Morgan fingerprint density at radius 3 is 2.53 bits per heavy atom. The molecule has 1 heterocycles. The molecular weight excluding hydrogens is 266 g/mol. The van der Waals surface area contributed by atoms with Crippen LogP contribution < -0.4 is 0 Å². The lowest BCUT2D eigenvalue weighted by molar-refractivity contribution is 0.0251. The molecule has 1 aliphatic rings. The fraction of sp³-hybridized carbons (Fsp3) is 0.769. The van der Waals surface area contributed by atoms with Crippen LogP contribution in [0.25, 0.3) is 0 Å². The highest BCUT2D eigenvalue weighted by Gasteiger charge is 2.22. The highest BCUT2D eigenvalue weighted by molar-refractivity contribution is 7.94. The lowest BCUT2D eigenvalue weighted by Gasteiger charge is -2.27. The number of amides is 1. The van der Waals surface area contributed by atoms with E-state index in [2.05, 4.69) is 0 Å². The van der Waals surface area contributed by atoms with E-state index in [1.165, 1.54) is 5.41 Å². The highest BCUT2D eigenvalue weighted by atomic mass is 32.2. The van der Waals surface area contributed by atoms with E-state index in [4.69, 9.17) is 4.74 Å². The van der Waals surface area contributed by atoms with E-state index in [1.807, 2.05) is 20.8 Å². The zero-order chi connectivity index (χ0) is 14.5. The number of hydrogen-bond acceptors (Lipinski definition) is 4. The normalized spacial score (nSPS) is 22.6. The summed E-state index contributed by atoms with van der Waals surface area (Å²) in [7, 11) is -3.06. The van der Waals surface area contributed by atoms with E-state index in [0.717, 1.165) is 0 Å². The van der Waals surface area contributed by atoms with Gasteiger partial charge in [-0.3, -0.25) is 0 Å². The number of ether oxygens (including phenoxy) is 1. The molecule has 0 atom stereocenters. The molecule has 0 aromatic heterocycles. The van der Waals surface area contributed by atoms with E-state index in [9.17, 15) is 13.2 Å². The maximum Gasteiger partial charge on any atom is 0.410 e. The Hall–Kier alpha value is -1.04. The van der Waals surface area contributed by atoms with Gasteiger partial charge in [-0.05, 0) is 40.0 Å². The Labute approximate surface area is 115 Å². The van der Waals surface area contributed by atoms with Crippen LogP contribution in [0, 0.1) is 0 Å². The molecule has 1 amide bonds. The van der Waals surface area contributed by atoms with Crippen LogP contribution in [0.5, 0.6) is 0 Å².